The monoisotopic (exact) mass is 1370 g/mol. The van der Waals surface area contributed by atoms with Crippen LogP contribution in [0.1, 0.15) is 105 Å². The first-order valence-electron chi connectivity index (χ1n) is 29.4. The zero-order chi connectivity index (χ0) is 73.6. The van der Waals surface area contributed by atoms with Crippen molar-refractivity contribution in [3.63, 3.8) is 0 Å². The Kier molecular flexibility index (Phi) is 44.2. The van der Waals surface area contributed by atoms with E-state index in [1.54, 1.807) is 6.92 Å². The Bertz CT molecular complexity index is 2900. The number of Topliss-reactive ketones (excluding diaryl/α,β-unsaturated/α-hetero) is 6. The van der Waals surface area contributed by atoms with Crippen LogP contribution in [0.2, 0.25) is 0 Å². The van der Waals surface area contributed by atoms with Crippen LogP contribution in [0.15, 0.2) is 0 Å². The number of hydrogen-bond acceptors (Lipinski definition) is 23. The van der Waals surface area contributed by atoms with E-state index in [2.05, 4.69) is 37.2 Å². The lowest BCUT2D eigenvalue weighted by Crippen LogP contribution is -2.45. The molecule has 40 heteroatoms. The summed E-state index contributed by atoms with van der Waals surface area (Å²) in [5, 5.41) is 61.7. The van der Waals surface area contributed by atoms with Crippen molar-refractivity contribution in [2.75, 3.05) is 111 Å². The SMILES string of the molecule is CC.CCNC(=O)CCC(=O)CNC(=O)CN(CC(=O)O)C(=O)CCC(=O)CNC(=O)CN(CC(=O)O)C(=O)CCC(=O)CNC(=O)CN(CC(=O)O)C(=O)CCC(=O)CNC(=O)CN(CC(=O)O)C(=O)CCC(=O)CNC(=O)CN(CC(=O)O)C(=O)CCC(=O)CNC(C)=O. The summed E-state index contributed by atoms with van der Waals surface area (Å²) in [7, 11) is 0. The van der Waals surface area contributed by atoms with Crippen molar-refractivity contribution >= 4 is 135 Å². The first-order valence-corrected chi connectivity index (χ1v) is 29.4. The molecule has 0 aliphatic heterocycles. The van der Waals surface area contributed by atoms with E-state index < -0.39 is 304 Å². The van der Waals surface area contributed by atoms with E-state index in [0.717, 1.165) is 6.92 Å². The summed E-state index contributed by atoms with van der Waals surface area (Å²) >= 11 is 0. The van der Waals surface area contributed by atoms with Gasteiger partial charge in [0.2, 0.25) is 70.9 Å². The zero-order valence-corrected chi connectivity index (χ0v) is 53.4. The van der Waals surface area contributed by atoms with Crippen LogP contribution in [0.25, 0.3) is 0 Å². The van der Waals surface area contributed by atoms with Gasteiger partial charge < -0.3 is 87.2 Å². The second-order valence-electron chi connectivity index (χ2n) is 20.2. The van der Waals surface area contributed by atoms with Crippen molar-refractivity contribution in [3.8, 4) is 0 Å². The molecule has 0 heterocycles. The Morgan fingerprint density at radius 1 is 0.240 bits per heavy atom. The number of nitrogens with one attached hydrogen (secondary N) is 7. The number of nitrogens with zero attached hydrogens (tertiary/aromatic N) is 5. The van der Waals surface area contributed by atoms with Gasteiger partial charge in [-0.2, -0.15) is 0 Å². The van der Waals surface area contributed by atoms with Gasteiger partial charge in [-0.3, -0.25) is 110 Å². The summed E-state index contributed by atoms with van der Waals surface area (Å²) in [6.45, 7) is -6.65. The number of carboxylic acid groups (broad SMARTS) is 5. The van der Waals surface area contributed by atoms with Crippen LogP contribution in [0.3, 0.4) is 0 Å². The number of carboxylic acids is 5. The zero-order valence-electron chi connectivity index (χ0n) is 53.4. The third-order valence-corrected chi connectivity index (χ3v) is 12.1. The predicted molar refractivity (Wildman–Crippen MR) is 320 cm³/mol. The van der Waals surface area contributed by atoms with Gasteiger partial charge in [0.1, 0.15) is 65.4 Å². The van der Waals surface area contributed by atoms with E-state index >= 15 is 0 Å². The summed E-state index contributed by atoms with van der Waals surface area (Å²) in [6, 6.07) is 0. The molecule has 0 bridgehead atoms. The molecule has 0 radical (unpaired) electrons. The maximum absolute atomic E-state index is 12.9. The minimum absolute atomic E-state index is 0.142. The Balaban J connectivity index is 0. The second kappa shape index (κ2) is 48.7. The fourth-order valence-corrected chi connectivity index (χ4v) is 7.42. The lowest BCUT2D eigenvalue weighted by Gasteiger charge is -2.21. The second-order valence-corrected chi connectivity index (χ2v) is 20.2. The van der Waals surface area contributed by atoms with Crippen molar-refractivity contribution in [2.24, 2.45) is 0 Å². The topological polar surface area (TPSA) is 594 Å². The van der Waals surface area contributed by atoms with E-state index in [1.165, 1.54) is 0 Å². The standard InChI is InChI=1S/C54H76N12O28.C2H6/c1-3-55-39(74)10-4-33(68)17-57-40(75)22-63(28-51(87)88)46(81)12-6-35(70)19-59-42(77)24-65(30-53(91)92)48(83)14-8-37(72)21-61-44(79)26-66(31-54(93)94)49(84)15-9-38(73)20-60-43(78)25-64(29-52(89)90)47(82)13-7-36(71)18-58-41(76)23-62(27-50(85)86)45(80)11-5-34(69)16-56-32(2)67;1-2/h3-31H2,1-2H3,(H,55,74)(H,56,67)(H,57,75)(H,58,76)(H,59,77)(H,60,78)(H,61,79)(H,85,86)(H,87,88)(H,89,90)(H,91,92)(H,93,94);1-2H3. The summed E-state index contributed by atoms with van der Waals surface area (Å²) in [6.07, 6.45) is -6.62. The molecule has 0 aliphatic rings. The van der Waals surface area contributed by atoms with Gasteiger partial charge in [-0.05, 0) is 6.92 Å². The van der Waals surface area contributed by atoms with Gasteiger partial charge in [0.25, 0.3) is 0 Å². The number of rotatable bonds is 51. The molecule has 534 valence electrons. The molecule has 12 amide bonds. The molecule has 0 unspecified atom stereocenters. The van der Waals surface area contributed by atoms with Crippen molar-refractivity contribution in [1.29, 1.82) is 0 Å². The molecule has 0 aromatic heterocycles. The molecule has 12 N–H and O–H groups in total. The molecule has 0 rings (SSSR count). The summed E-state index contributed by atoms with van der Waals surface area (Å²) < 4.78 is 0. The fraction of sp³-hybridized carbons (Fsp3) is 0.589. The molecule has 0 saturated carbocycles. The predicted octanol–water partition coefficient (Wildman–Crippen LogP) is -7.47. The highest BCUT2D eigenvalue weighted by Gasteiger charge is 2.28. The Labute approximate surface area is 547 Å². The van der Waals surface area contributed by atoms with Crippen molar-refractivity contribution < 1.29 is 136 Å². The number of carbonyl (C=O) groups excluding carboxylic acids is 18. The van der Waals surface area contributed by atoms with Crippen LogP contribution in [-0.2, 0) is 110 Å². The van der Waals surface area contributed by atoms with Crippen LogP contribution >= 0.6 is 0 Å². The van der Waals surface area contributed by atoms with Crippen LogP contribution in [-0.4, -0.2) is 297 Å². The van der Waals surface area contributed by atoms with Crippen LogP contribution < -0.4 is 37.2 Å². The van der Waals surface area contributed by atoms with Crippen LogP contribution in [0.5, 0.6) is 0 Å². The van der Waals surface area contributed by atoms with Gasteiger partial charge in [-0.15, -0.1) is 0 Å². The van der Waals surface area contributed by atoms with Crippen molar-refractivity contribution in [3.05, 3.63) is 0 Å². The number of carbonyl (C=O) groups is 23. The number of aliphatic carboxylic acids is 5. The highest BCUT2D eigenvalue weighted by atomic mass is 16.4. The first-order chi connectivity index (χ1) is 45.0. The number of amides is 12. The van der Waals surface area contributed by atoms with Gasteiger partial charge in [-0.25, -0.2) is 0 Å². The van der Waals surface area contributed by atoms with Gasteiger partial charge in [0.15, 0.2) is 34.7 Å². The maximum Gasteiger partial charge on any atom is 0.323 e. The average molecular weight is 1370 g/mol. The molecule has 0 aliphatic carbocycles. The Hall–Kier alpha value is -11.0. The first kappa shape index (κ1) is 87.1. The largest absolute Gasteiger partial charge is 0.480 e. The van der Waals surface area contributed by atoms with E-state index in [4.69, 9.17) is 5.11 Å². The number of ketones is 6. The summed E-state index contributed by atoms with van der Waals surface area (Å²) in [5.74, 6) is -23.5. The van der Waals surface area contributed by atoms with E-state index in [1.807, 2.05) is 13.8 Å². The quantitative estimate of drug-likeness (QED) is 0.0269. The molecule has 0 atom stereocenters. The molecular formula is C56H82N12O28. The molecule has 0 saturated heterocycles. The lowest BCUT2D eigenvalue weighted by molar-refractivity contribution is -0.146. The molecule has 0 spiro atoms. The number of hydrogen-bond donors (Lipinski definition) is 12. The fourth-order valence-electron chi connectivity index (χ4n) is 7.42. The molecule has 0 aromatic rings. The van der Waals surface area contributed by atoms with Crippen molar-refractivity contribution in [2.45, 2.75) is 105 Å². The smallest absolute Gasteiger partial charge is 0.323 e. The average Bonchev–Trinajstić information content (AvgIpc) is 1.66. The summed E-state index contributed by atoms with van der Waals surface area (Å²) in [5.41, 5.74) is 0. The maximum atomic E-state index is 12.9. The van der Waals surface area contributed by atoms with E-state index in [-0.39, 0.29) is 12.8 Å². The Morgan fingerprint density at radius 3 is 0.583 bits per heavy atom. The molecular weight excluding hydrogens is 1290 g/mol. The van der Waals surface area contributed by atoms with Gasteiger partial charge in [0.05, 0.1) is 39.3 Å². The third-order valence-electron chi connectivity index (χ3n) is 12.1. The van der Waals surface area contributed by atoms with Crippen LogP contribution in [0.4, 0.5) is 0 Å². The Morgan fingerprint density at radius 2 is 0.417 bits per heavy atom. The molecule has 40 nitrogen and oxygen atoms in total. The van der Waals surface area contributed by atoms with E-state index in [9.17, 15) is 131 Å². The van der Waals surface area contributed by atoms with Crippen molar-refractivity contribution in [1.82, 2.24) is 61.7 Å². The minimum atomic E-state index is -1.62. The molecule has 96 heavy (non-hydrogen) atoms. The molecule has 0 fully saturated rings. The third kappa shape index (κ3) is 44.5. The molecule has 0 aromatic carbocycles. The highest BCUT2D eigenvalue weighted by molar-refractivity contribution is 5.98. The minimum Gasteiger partial charge on any atom is -0.480 e. The van der Waals surface area contributed by atoms with Gasteiger partial charge >= 0.3 is 29.8 Å². The highest BCUT2D eigenvalue weighted by Crippen LogP contribution is 2.06. The van der Waals surface area contributed by atoms with Crippen LogP contribution in [0, 0.1) is 0 Å². The van der Waals surface area contributed by atoms with Gasteiger partial charge in [0, 0.05) is 90.5 Å². The van der Waals surface area contributed by atoms with Gasteiger partial charge in [-0.1, -0.05) is 13.8 Å². The normalized spacial score (nSPS) is 10.2. The summed E-state index contributed by atoms with van der Waals surface area (Å²) in [4.78, 5) is 283. The lowest BCUT2D eigenvalue weighted by atomic mass is 10.2. The van der Waals surface area contributed by atoms with E-state index in [0.29, 0.717) is 31.0 Å².